The molecule has 0 amide bonds. The van der Waals surface area contributed by atoms with Crippen LogP contribution in [0.5, 0.6) is 11.5 Å². The SMILES string of the molecule is CC(F)c1cc2c(cc1C1(C(=O)O)CCCCC1)OCCCO2. The van der Waals surface area contributed by atoms with E-state index in [1.165, 1.54) is 6.92 Å². The number of ether oxygens (including phenoxy) is 2. The Hall–Kier alpha value is -1.78. The smallest absolute Gasteiger partial charge is 0.314 e. The number of fused-ring (bicyclic) bond motifs is 1. The number of carbonyl (C=O) groups is 1. The summed E-state index contributed by atoms with van der Waals surface area (Å²) in [5, 5.41) is 9.91. The van der Waals surface area contributed by atoms with Gasteiger partial charge in [0.05, 0.1) is 18.6 Å². The van der Waals surface area contributed by atoms with Crippen molar-refractivity contribution in [2.75, 3.05) is 13.2 Å². The number of hydrogen-bond acceptors (Lipinski definition) is 3. The van der Waals surface area contributed by atoms with Crippen molar-refractivity contribution < 1.29 is 23.8 Å². The first kappa shape index (κ1) is 16.1. The van der Waals surface area contributed by atoms with Gasteiger partial charge < -0.3 is 14.6 Å². The van der Waals surface area contributed by atoms with Crippen LogP contribution in [0.4, 0.5) is 4.39 Å². The third-order valence-corrected chi connectivity index (χ3v) is 4.98. The van der Waals surface area contributed by atoms with Crippen LogP contribution >= 0.6 is 0 Å². The van der Waals surface area contributed by atoms with Crippen LogP contribution in [0, 0.1) is 0 Å². The number of halogens is 1. The third-order valence-electron chi connectivity index (χ3n) is 4.98. The van der Waals surface area contributed by atoms with Crippen molar-refractivity contribution in [2.24, 2.45) is 0 Å². The summed E-state index contributed by atoms with van der Waals surface area (Å²) in [6.45, 7) is 2.49. The lowest BCUT2D eigenvalue weighted by Gasteiger charge is -2.35. The van der Waals surface area contributed by atoms with Gasteiger partial charge in [0.25, 0.3) is 0 Å². The van der Waals surface area contributed by atoms with Crippen LogP contribution in [0.25, 0.3) is 0 Å². The summed E-state index contributed by atoms with van der Waals surface area (Å²) in [5.41, 5.74) is -0.0407. The Balaban J connectivity index is 2.15. The molecule has 3 rings (SSSR count). The van der Waals surface area contributed by atoms with E-state index in [9.17, 15) is 14.3 Å². The predicted molar refractivity (Wildman–Crippen MR) is 84.0 cm³/mol. The van der Waals surface area contributed by atoms with E-state index in [4.69, 9.17) is 9.47 Å². The van der Waals surface area contributed by atoms with E-state index >= 15 is 0 Å². The molecule has 1 aliphatic carbocycles. The maximum Gasteiger partial charge on any atom is 0.314 e. The van der Waals surface area contributed by atoms with E-state index in [0.29, 0.717) is 48.7 Å². The van der Waals surface area contributed by atoms with Gasteiger partial charge in [0.1, 0.15) is 6.17 Å². The standard InChI is InChI=1S/C18H23FO4/c1-12(19)13-10-15-16(23-9-5-8-22-15)11-14(13)18(17(20)21)6-3-2-4-7-18/h10-12H,2-9H2,1H3,(H,20,21). The molecule has 0 bridgehead atoms. The maximum atomic E-state index is 14.3. The summed E-state index contributed by atoms with van der Waals surface area (Å²) in [4.78, 5) is 12.1. The maximum absolute atomic E-state index is 14.3. The molecule has 1 fully saturated rings. The van der Waals surface area contributed by atoms with Crippen LogP contribution < -0.4 is 9.47 Å². The Kier molecular flexibility index (Phi) is 4.46. The van der Waals surface area contributed by atoms with Crippen LogP contribution in [0.1, 0.15) is 62.7 Å². The Morgan fingerprint density at radius 3 is 2.30 bits per heavy atom. The predicted octanol–water partition coefficient (Wildman–Crippen LogP) is 4.16. The molecule has 2 aliphatic rings. The minimum Gasteiger partial charge on any atom is -0.490 e. The number of carboxylic acids is 1. The Labute approximate surface area is 135 Å². The topological polar surface area (TPSA) is 55.8 Å². The van der Waals surface area contributed by atoms with E-state index in [2.05, 4.69) is 0 Å². The van der Waals surface area contributed by atoms with Gasteiger partial charge in [-0.15, -0.1) is 0 Å². The van der Waals surface area contributed by atoms with Crippen LogP contribution in [0.3, 0.4) is 0 Å². The van der Waals surface area contributed by atoms with Gasteiger partial charge >= 0.3 is 5.97 Å². The highest BCUT2D eigenvalue weighted by molar-refractivity contribution is 5.82. The van der Waals surface area contributed by atoms with Gasteiger partial charge in [0, 0.05) is 6.42 Å². The first-order valence-electron chi connectivity index (χ1n) is 8.36. The van der Waals surface area contributed by atoms with E-state index < -0.39 is 17.6 Å². The van der Waals surface area contributed by atoms with Gasteiger partial charge in [-0.1, -0.05) is 19.3 Å². The summed E-state index contributed by atoms with van der Waals surface area (Å²) < 4.78 is 25.6. The first-order valence-corrected chi connectivity index (χ1v) is 8.36. The van der Waals surface area contributed by atoms with E-state index in [0.717, 1.165) is 25.7 Å². The zero-order valence-electron chi connectivity index (χ0n) is 13.4. The number of benzene rings is 1. The van der Waals surface area contributed by atoms with E-state index in [1.807, 2.05) is 0 Å². The fourth-order valence-corrected chi connectivity index (χ4v) is 3.72. The molecule has 5 heteroatoms. The van der Waals surface area contributed by atoms with Crippen LogP contribution in [-0.2, 0) is 10.2 Å². The molecule has 0 spiro atoms. The average Bonchev–Trinajstić information content (AvgIpc) is 2.78. The highest BCUT2D eigenvalue weighted by Gasteiger charge is 2.44. The highest BCUT2D eigenvalue weighted by Crippen LogP contribution is 2.46. The van der Waals surface area contributed by atoms with Gasteiger partial charge in [-0.25, -0.2) is 4.39 Å². The summed E-state index contributed by atoms with van der Waals surface area (Å²) in [6.07, 6.45) is 3.32. The number of carboxylic acid groups (broad SMARTS) is 1. The van der Waals surface area contributed by atoms with Crippen LogP contribution in [0.2, 0.25) is 0 Å². The van der Waals surface area contributed by atoms with Crippen LogP contribution in [-0.4, -0.2) is 24.3 Å². The Bertz CT molecular complexity index is 591. The van der Waals surface area contributed by atoms with Gasteiger partial charge in [0.2, 0.25) is 0 Å². The van der Waals surface area contributed by atoms with Crippen molar-refractivity contribution in [3.8, 4) is 11.5 Å². The highest BCUT2D eigenvalue weighted by atomic mass is 19.1. The fraction of sp³-hybridized carbons (Fsp3) is 0.611. The summed E-state index contributed by atoms with van der Waals surface area (Å²) in [6, 6.07) is 3.35. The molecule has 4 nitrogen and oxygen atoms in total. The molecule has 23 heavy (non-hydrogen) atoms. The first-order chi connectivity index (χ1) is 11.0. The molecule has 0 radical (unpaired) electrons. The van der Waals surface area contributed by atoms with Crippen molar-refractivity contribution in [1.29, 1.82) is 0 Å². The second kappa shape index (κ2) is 6.38. The minimum atomic E-state index is -1.25. The average molecular weight is 322 g/mol. The zero-order chi connectivity index (χ0) is 16.4. The van der Waals surface area contributed by atoms with Crippen molar-refractivity contribution in [3.05, 3.63) is 23.3 Å². The molecule has 1 unspecified atom stereocenters. The Morgan fingerprint density at radius 2 is 1.74 bits per heavy atom. The van der Waals surface area contributed by atoms with Crippen LogP contribution in [0.15, 0.2) is 12.1 Å². The number of rotatable bonds is 3. The van der Waals surface area contributed by atoms with Crippen molar-refractivity contribution in [3.63, 3.8) is 0 Å². The lowest BCUT2D eigenvalue weighted by atomic mass is 9.67. The van der Waals surface area contributed by atoms with Gasteiger partial charge in [0.15, 0.2) is 11.5 Å². The normalized spacial score (nSPS) is 21.3. The van der Waals surface area contributed by atoms with Crippen molar-refractivity contribution in [1.82, 2.24) is 0 Å². The number of hydrogen-bond donors (Lipinski definition) is 1. The second-order valence-electron chi connectivity index (χ2n) is 6.50. The lowest BCUT2D eigenvalue weighted by molar-refractivity contribution is -0.145. The molecule has 1 atom stereocenters. The molecule has 1 aromatic rings. The van der Waals surface area contributed by atoms with Gasteiger partial charge in [-0.3, -0.25) is 4.79 Å². The summed E-state index contributed by atoms with van der Waals surface area (Å²) >= 11 is 0. The monoisotopic (exact) mass is 322 g/mol. The van der Waals surface area contributed by atoms with Gasteiger partial charge in [-0.05, 0) is 43.0 Å². The van der Waals surface area contributed by atoms with Crippen molar-refractivity contribution >= 4 is 5.97 Å². The Morgan fingerprint density at radius 1 is 1.13 bits per heavy atom. The minimum absolute atomic E-state index is 0.415. The molecular weight excluding hydrogens is 299 g/mol. The summed E-state index contributed by atoms with van der Waals surface area (Å²) in [7, 11) is 0. The molecule has 1 heterocycles. The molecule has 126 valence electrons. The van der Waals surface area contributed by atoms with E-state index in [-0.39, 0.29) is 0 Å². The molecule has 1 N–H and O–H groups in total. The largest absolute Gasteiger partial charge is 0.490 e. The van der Waals surface area contributed by atoms with Crippen molar-refractivity contribution in [2.45, 2.75) is 57.0 Å². The molecule has 0 saturated heterocycles. The molecular formula is C18H23FO4. The molecule has 1 aliphatic heterocycles. The third kappa shape index (κ3) is 2.89. The number of alkyl halides is 1. The molecule has 0 aromatic heterocycles. The molecule has 1 aromatic carbocycles. The quantitative estimate of drug-likeness (QED) is 0.907. The summed E-state index contributed by atoms with van der Waals surface area (Å²) in [5.74, 6) is 0.184. The molecule has 1 saturated carbocycles. The lowest BCUT2D eigenvalue weighted by Crippen LogP contribution is -2.38. The fourth-order valence-electron chi connectivity index (χ4n) is 3.72. The van der Waals surface area contributed by atoms with Gasteiger partial charge in [-0.2, -0.15) is 0 Å². The second-order valence-corrected chi connectivity index (χ2v) is 6.50. The number of aliphatic carboxylic acids is 1. The zero-order valence-corrected chi connectivity index (χ0v) is 13.4. The van der Waals surface area contributed by atoms with E-state index in [1.54, 1.807) is 12.1 Å².